The van der Waals surface area contributed by atoms with Gasteiger partial charge in [-0.25, -0.2) is 0 Å². The first-order valence-electron chi connectivity index (χ1n) is 0.623. The third-order valence-corrected chi connectivity index (χ3v) is 0. The molecule has 5 heavy (non-hydrogen) atoms. The second-order valence-corrected chi connectivity index (χ2v) is 4.83. The second kappa shape index (κ2) is 6.47. The molecule has 0 amide bonds. The Labute approximate surface area is 85.2 Å². The van der Waals surface area contributed by atoms with Crippen LogP contribution in [0.3, 0.4) is 0 Å². The standard InChI is InChI=1S/Ce.La.O2P/c;;1-3-2. The molecular weight excluding hydrogens is 342 g/mol. The Kier molecular flexibility index (Phi) is 13.5. The quantitative estimate of drug-likeness (QED) is 0.605. The fourth-order valence-corrected chi connectivity index (χ4v) is 0. The van der Waals surface area contributed by atoms with Crippen LogP contribution in [0.1, 0.15) is 0 Å². The van der Waals surface area contributed by atoms with E-state index in [-0.39, 0.29) is 74.8 Å². The van der Waals surface area contributed by atoms with Gasteiger partial charge in [0.2, 0.25) is 0 Å². The van der Waals surface area contributed by atoms with Gasteiger partial charge in [-0.05, 0) is 0 Å². The van der Waals surface area contributed by atoms with Gasteiger partial charge < -0.3 is 0 Å². The molecule has 0 heterocycles. The van der Waals surface area contributed by atoms with Crippen LogP contribution in [0.5, 0.6) is 0 Å². The maximum atomic E-state index is 9.11. The Morgan fingerprint density at radius 3 is 1.40 bits per heavy atom. The zero-order valence-corrected chi connectivity index (χ0v) is 10.0. The molecule has 0 aliphatic heterocycles. The van der Waals surface area contributed by atoms with E-state index >= 15 is 0 Å². The summed E-state index contributed by atoms with van der Waals surface area (Å²) in [7, 11) is 0. The minimum absolute atomic E-state index is 0. The molecule has 0 radical (unpaired) electrons. The molecule has 5 heteroatoms. The van der Waals surface area contributed by atoms with Crippen molar-refractivity contribution in [3.8, 4) is 0 Å². The molecule has 2 nitrogen and oxygen atoms in total. The van der Waals surface area contributed by atoms with Crippen molar-refractivity contribution < 1.29 is 83.9 Å². The molecule has 0 aromatic rings. The van der Waals surface area contributed by atoms with Crippen molar-refractivity contribution in [3.05, 3.63) is 0 Å². The predicted molar refractivity (Wildman–Crippen MR) is 8.29 cm³/mol. The summed E-state index contributed by atoms with van der Waals surface area (Å²) < 4.78 is 16.3. The first kappa shape index (κ1) is 10.5. The van der Waals surface area contributed by atoms with Gasteiger partial charge in [-0.1, -0.05) is 0 Å². The Hall–Kier alpha value is 2.47. The summed E-state index contributed by atoms with van der Waals surface area (Å²) in [6.07, 6.45) is 0. The average Bonchev–Trinajstić information content (AvgIpc) is 0.811. The summed E-state index contributed by atoms with van der Waals surface area (Å²) in [6.45, 7) is 0. The average molecular weight is 342 g/mol. The maximum Gasteiger partial charge on any atom is 0 e. The van der Waals surface area contributed by atoms with Crippen LogP contribution in [-0.2, 0) is 9.13 Å². The molecule has 0 bridgehead atoms. The topological polar surface area (TPSA) is 34.1 Å². The second-order valence-electron chi connectivity index (χ2n) is 0.285. The fourth-order valence-electron chi connectivity index (χ4n) is 0. The van der Waals surface area contributed by atoms with Crippen LogP contribution in [0.2, 0.25) is 0 Å². The Morgan fingerprint density at radius 2 is 1.40 bits per heavy atom. The van der Waals surface area contributed by atoms with Crippen LogP contribution >= 0.6 is 3.45 Å². The summed E-state index contributed by atoms with van der Waals surface area (Å²) in [6, 6.07) is 0. The number of hydrogen-bond donors (Lipinski definition) is 0. The van der Waals surface area contributed by atoms with E-state index in [9.17, 15) is 0 Å². The van der Waals surface area contributed by atoms with Gasteiger partial charge in [0.1, 0.15) is 0 Å². The summed E-state index contributed by atoms with van der Waals surface area (Å²) in [5, 5.41) is 0. The van der Waals surface area contributed by atoms with Crippen LogP contribution in [0.15, 0.2) is 0 Å². The van der Waals surface area contributed by atoms with Crippen LogP contribution in [0.4, 0.5) is 0 Å². The Morgan fingerprint density at radius 1 is 1.40 bits per heavy atom. The molecule has 0 saturated heterocycles. The first-order chi connectivity index (χ1) is 1.73. The van der Waals surface area contributed by atoms with E-state index in [1.165, 1.54) is 0 Å². The molecule has 0 aliphatic rings. The molecule has 0 aromatic heterocycles. The number of hydrogen-bond acceptors (Lipinski definition) is 2. The molecule has 0 saturated carbocycles. The molecule has 0 aliphatic carbocycles. The van der Waals surface area contributed by atoms with Gasteiger partial charge in [-0.3, -0.25) is 0 Å². The zero-order valence-electron chi connectivity index (χ0n) is 2.34. The maximum absolute atomic E-state index is 9.11. The molecule has 0 rings (SSSR count). The summed E-state index contributed by atoms with van der Waals surface area (Å²) in [4.78, 5) is 0. The van der Waals surface area contributed by atoms with E-state index in [4.69, 9.17) is 9.13 Å². The van der Waals surface area contributed by atoms with Crippen molar-refractivity contribution in [1.29, 1.82) is 0 Å². The van der Waals surface area contributed by atoms with Gasteiger partial charge in [0.25, 0.3) is 0 Å². The van der Waals surface area contributed by atoms with E-state index in [0.717, 1.165) is 0 Å². The molecule has 24 valence electrons. The molecule has 0 atom stereocenters. The largest absolute Gasteiger partial charge is 0 e. The third-order valence-electron chi connectivity index (χ3n) is 0. The van der Waals surface area contributed by atoms with Gasteiger partial charge in [0.05, 0.1) is 0 Å². The molecular formula is CeLaO2P. The third kappa shape index (κ3) is 21.2. The molecule has 0 spiro atoms. The summed E-state index contributed by atoms with van der Waals surface area (Å²) >= 11 is 0.139. The number of rotatable bonds is 0. The van der Waals surface area contributed by atoms with Gasteiger partial charge in [-0.15, -0.1) is 0 Å². The normalized spacial score (nSPS) is 4.60. The van der Waals surface area contributed by atoms with Crippen LogP contribution < -0.4 is 0 Å². The van der Waals surface area contributed by atoms with Crippen molar-refractivity contribution in [3.63, 3.8) is 0 Å². The zero-order chi connectivity index (χ0) is 3.58. The van der Waals surface area contributed by atoms with E-state index in [2.05, 4.69) is 0 Å². The first-order valence-corrected chi connectivity index (χ1v) is 6.73. The van der Waals surface area contributed by atoms with Gasteiger partial charge in [0.15, 0.2) is 0 Å². The van der Waals surface area contributed by atoms with Crippen molar-refractivity contribution in [2.24, 2.45) is 0 Å². The van der Waals surface area contributed by atoms with E-state index in [1.54, 1.807) is 0 Å². The smallest absolute Gasteiger partial charge is 0 e. The molecule has 0 N–H and O–H groups in total. The van der Waals surface area contributed by atoms with Gasteiger partial charge in [0, 0.05) is 41.7 Å². The van der Waals surface area contributed by atoms with Crippen LogP contribution in [0.25, 0.3) is 0 Å². The SMILES string of the molecule is O=[P](=O)[La].[Ce]. The molecule has 0 unspecified atom stereocenters. The molecule has 0 aromatic carbocycles. The van der Waals surface area contributed by atoms with Crippen LogP contribution in [-0.4, -0.2) is 0 Å². The van der Waals surface area contributed by atoms with Crippen LogP contribution in [0, 0.1) is 74.8 Å². The summed E-state index contributed by atoms with van der Waals surface area (Å²) in [5.41, 5.74) is 0. The minimum atomic E-state index is -1.95. The fraction of sp³-hybridized carbons (Fsp3) is 0. The van der Waals surface area contributed by atoms with Crippen molar-refractivity contribution in [2.45, 2.75) is 0 Å². The van der Waals surface area contributed by atoms with Gasteiger partial charge >= 0.3 is 45.6 Å². The Balaban J connectivity index is 0. The van der Waals surface area contributed by atoms with E-state index < -0.39 is 3.45 Å². The Bertz CT molecular complexity index is 58.0. The van der Waals surface area contributed by atoms with Crippen molar-refractivity contribution in [1.82, 2.24) is 0 Å². The monoisotopic (exact) mass is 342 g/mol. The van der Waals surface area contributed by atoms with Crippen molar-refractivity contribution in [2.75, 3.05) is 0 Å². The van der Waals surface area contributed by atoms with Crippen molar-refractivity contribution >= 4 is 3.45 Å². The minimum Gasteiger partial charge on any atom is 0 e. The predicted octanol–water partition coefficient (Wildman–Crippen LogP) is 0.624. The van der Waals surface area contributed by atoms with E-state index in [1.807, 2.05) is 0 Å². The van der Waals surface area contributed by atoms with Gasteiger partial charge in [-0.2, -0.15) is 0 Å². The van der Waals surface area contributed by atoms with E-state index in [0.29, 0.717) is 0 Å². The molecule has 0 fully saturated rings. The summed E-state index contributed by atoms with van der Waals surface area (Å²) in [5.74, 6) is 0.